The zero-order chi connectivity index (χ0) is 14.4. The molecule has 0 aliphatic carbocycles. The van der Waals surface area contributed by atoms with Gasteiger partial charge in [-0.2, -0.15) is 0 Å². The van der Waals surface area contributed by atoms with Crippen molar-refractivity contribution in [3.63, 3.8) is 0 Å². The second kappa shape index (κ2) is 6.82. The first-order valence-electron chi connectivity index (χ1n) is 5.78. The van der Waals surface area contributed by atoms with Crippen molar-refractivity contribution in [1.82, 2.24) is 5.32 Å². The average molecular weight is 271 g/mol. The van der Waals surface area contributed by atoms with Crippen molar-refractivity contribution < 1.29 is 23.5 Å². The Hall–Kier alpha value is -1.98. The van der Waals surface area contributed by atoms with Crippen molar-refractivity contribution in [1.29, 1.82) is 0 Å². The quantitative estimate of drug-likeness (QED) is 0.835. The fourth-order valence-corrected chi connectivity index (χ4v) is 1.55. The lowest BCUT2D eigenvalue weighted by Gasteiger charge is -2.11. The molecular formula is C13H15F2NO3. The van der Waals surface area contributed by atoms with E-state index < -0.39 is 18.3 Å². The Morgan fingerprint density at radius 2 is 2.05 bits per heavy atom. The Bertz CT molecular complexity index is 463. The highest BCUT2D eigenvalue weighted by molar-refractivity contribution is 5.94. The number of rotatable bonds is 6. The zero-order valence-corrected chi connectivity index (χ0v) is 10.4. The lowest BCUT2D eigenvalue weighted by molar-refractivity contribution is -0.137. The maximum atomic E-state index is 12.5. The van der Waals surface area contributed by atoms with Crippen LogP contribution >= 0.6 is 0 Å². The fourth-order valence-electron chi connectivity index (χ4n) is 1.55. The topological polar surface area (TPSA) is 66.4 Å². The van der Waals surface area contributed by atoms with Gasteiger partial charge in [-0.15, -0.1) is 0 Å². The second-order valence-corrected chi connectivity index (χ2v) is 4.34. The van der Waals surface area contributed by atoms with Crippen molar-refractivity contribution in [3.05, 3.63) is 35.4 Å². The molecule has 0 spiro atoms. The smallest absolute Gasteiger partial charge is 0.303 e. The fraction of sp³-hybridized carbons (Fsp3) is 0.385. The number of hydrogen-bond acceptors (Lipinski definition) is 2. The van der Waals surface area contributed by atoms with E-state index in [4.69, 9.17) is 5.11 Å². The number of hydrogen-bond donors (Lipinski definition) is 2. The molecule has 1 unspecified atom stereocenters. The standard InChI is InChI=1S/C13H15F2NO3/c1-8(5-11(17)18)7-16-13(19)10-4-2-3-9(6-10)12(14)15/h2-4,6,8,12H,5,7H2,1H3,(H,16,19)(H,17,18). The van der Waals surface area contributed by atoms with Gasteiger partial charge in [-0.25, -0.2) is 8.78 Å². The molecule has 0 heterocycles. The minimum absolute atomic E-state index is 0.0582. The van der Waals surface area contributed by atoms with Gasteiger partial charge in [0, 0.05) is 24.1 Å². The van der Waals surface area contributed by atoms with E-state index in [-0.39, 0.29) is 30.0 Å². The summed E-state index contributed by atoms with van der Waals surface area (Å²) in [6, 6.07) is 5.19. The van der Waals surface area contributed by atoms with E-state index in [9.17, 15) is 18.4 Å². The van der Waals surface area contributed by atoms with Crippen molar-refractivity contribution in [3.8, 4) is 0 Å². The van der Waals surface area contributed by atoms with Crippen LogP contribution in [0.3, 0.4) is 0 Å². The van der Waals surface area contributed by atoms with Gasteiger partial charge in [0.25, 0.3) is 12.3 Å². The van der Waals surface area contributed by atoms with Crippen LogP contribution in [-0.4, -0.2) is 23.5 Å². The predicted octanol–water partition coefficient (Wildman–Crippen LogP) is 2.46. The maximum Gasteiger partial charge on any atom is 0.303 e. The summed E-state index contributed by atoms with van der Waals surface area (Å²) < 4.78 is 24.9. The first-order valence-corrected chi connectivity index (χ1v) is 5.78. The molecule has 0 saturated carbocycles. The minimum atomic E-state index is -2.63. The SMILES string of the molecule is CC(CNC(=O)c1cccc(C(F)F)c1)CC(=O)O. The number of nitrogens with one attached hydrogen (secondary N) is 1. The summed E-state index contributed by atoms with van der Waals surface area (Å²) in [5.41, 5.74) is -0.0773. The number of carboxylic acid groups (broad SMARTS) is 1. The molecule has 2 N–H and O–H groups in total. The summed E-state index contributed by atoms with van der Waals surface area (Å²) in [4.78, 5) is 22.2. The molecule has 0 aliphatic heterocycles. The van der Waals surface area contributed by atoms with Gasteiger partial charge >= 0.3 is 5.97 Å². The van der Waals surface area contributed by atoms with Crippen LogP contribution < -0.4 is 5.32 Å². The minimum Gasteiger partial charge on any atom is -0.481 e. The van der Waals surface area contributed by atoms with Crippen LogP contribution in [0.1, 0.15) is 35.7 Å². The molecule has 6 heteroatoms. The molecule has 1 rings (SSSR count). The van der Waals surface area contributed by atoms with Crippen LogP contribution in [0.15, 0.2) is 24.3 Å². The lowest BCUT2D eigenvalue weighted by atomic mass is 10.1. The predicted molar refractivity (Wildman–Crippen MR) is 65.1 cm³/mol. The van der Waals surface area contributed by atoms with Gasteiger partial charge < -0.3 is 10.4 Å². The highest BCUT2D eigenvalue weighted by Crippen LogP contribution is 2.19. The normalized spacial score (nSPS) is 12.2. The van der Waals surface area contributed by atoms with Crippen molar-refractivity contribution in [2.45, 2.75) is 19.8 Å². The summed E-state index contributed by atoms with van der Waals surface area (Å²) in [6.45, 7) is 1.87. The molecule has 0 aromatic heterocycles. The second-order valence-electron chi connectivity index (χ2n) is 4.34. The molecule has 0 bridgehead atoms. The Kier molecular flexibility index (Phi) is 5.41. The van der Waals surface area contributed by atoms with E-state index in [1.165, 1.54) is 18.2 Å². The molecule has 1 atom stereocenters. The number of halogens is 2. The maximum absolute atomic E-state index is 12.5. The Morgan fingerprint density at radius 1 is 1.37 bits per heavy atom. The third-order valence-corrected chi connectivity index (χ3v) is 2.53. The number of carbonyl (C=O) groups is 2. The molecule has 104 valence electrons. The number of benzene rings is 1. The van der Waals surface area contributed by atoms with Gasteiger partial charge in [0.05, 0.1) is 0 Å². The van der Waals surface area contributed by atoms with E-state index in [0.717, 1.165) is 6.07 Å². The number of aliphatic carboxylic acids is 1. The molecule has 0 radical (unpaired) electrons. The van der Waals surface area contributed by atoms with Gasteiger partial charge in [-0.3, -0.25) is 9.59 Å². The van der Waals surface area contributed by atoms with Crippen molar-refractivity contribution >= 4 is 11.9 Å². The van der Waals surface area contributed by atoms with E-state index in [2.05, 4.69) is 5.32 Å². The highest BCUT2D eigenvalue weighted by atomic mass is 19.3. The van der Waals surface area contributed by atoms with E-state index in [0.29, 0.717) is 0 Å². The molecule has 1 aromatic rings. The Labute approximate surface area is 109 Å². The third kappa shape index (κ3) is 5.03. The van der Waals surface area contributed by atoms with Gasteiger partial charge in [-0.1, -0.05) is 19.1 Å². The first-order chi connectivity index (χ1) is 8.90. The molecule has 19 heavy (non-hydrogen) atoms. The van der Waals surface area contributed by atoms with E-state index in [1.807, 2.05) is 0 Å². The van der Waals surface area contributed by atoms with Crippen molar-refractivity contribution in [2.24, 2.45) is 5.92 Å². The molecule has 0 aliphatic rings. The van der Waals surface area contributed by atoms with Crippen LogP contribution in [-0.2, 0) is 4.79 Å². The summed E-state index contributed by atoms with van der Waals surface area (Å²) in [7, 11) is 0. The van der Waals surface area contributed by atoms with Crippen LogP contribution in [0, 0.1) is 5.92 Å². The molecule has 1 amide bonds. The van der Waals surface area contributed by atoms with Crippen LogP contribution in [0.4, 0.5) is 8.78 Å². The van der Waals surface area contributed by atoms with Gasteiger partial charge in [0.2, 0.25) is 0 Å². The van der Waals surface area contributed by atoms with Gasteiger partial charge in [-0.05, 0) is 18.1 Å². The molecule has 1 aromatic carbocycles. The summed E-state index contributed by atoms with van der Waals surface area (Å²) >= 11 is 0. The molecule has 0 saturated heterocycles. The molecular weight excluding hydrogens is 256 g/mol. The molecule has 4 nitrogen and oxygen atoms in total. The van der Waals surface area contributed by atoms with E-state index >= 15 is 0 Å². The van der Waals surface area contributed by atoms with Crippen LogP contribution in [0.2, 0.25) is 0 Å². The summed E-state index contributed by atoms with van der Waals surface area (Å²) in [5, 5.41) is 11.1. The van der Waals surface area contributed by atoms with Gasteiger partial charge in [0.15, 0.2) is 0 Å². The monoisotopic (exact) mass is 271 g/mol. The average Bonchev–Trinajstić information content (AvgIpc) is 2.35. The number of amides is 1. The Morgan fingerprint density at radius 3 is 2.63 bits per heavy atom. The highest BCUT2D eigenvalue weighted by Gasteiger charge is 2.13. The van der Waals surface area contributed by atoms with E-state index in [1.54, 1.807) is 6.92 Å². The van der Waals surface area contributed by atoms with Crippen molar-refractivity contribution in [2.75, 3.05) is 6.54 Å². The summed E-state index contributed by atoms with van der Waals surface area (Å²) in [5.74, 6) is -1.65. The zero-order valence-electron chi connectivity index (χ0n) is 10.4. The first kappa shape index (κ1) is 15.1. The largest absolute Gasteiger partial charge is 0.481 e. The lowest BCUT2D eigenvalue weighted by Crippen LogP contribution is -2.29. The number of carbonyl (C=O) groups excluding carboxylic acids is 1. The third-order valence-electron chi connectivity index (χ3n) is 2.53. The van der Waals surface area contributed by atoms with Crippen LogP contribution in [0.25, 0.3) is 0 Å². The number of alkyl halides is 2. The Balaban J connectivity index is 2.58. The van der Waals surface area contributed by atoms with Crippen LogP contribution in [0.5, 0.6) is 0 Å². The molecule has 0 fully saturated rings. The number of carboxylic acids is 1. The summed E-state index contributed by atoms with van der Waals surface area (Å²) in [6.07, 6.45) is -2.68. The van der Waals surface area contributed by atoms with Gasteiger partial charge in [0.1, 0.15) is 0 Å².